The molecular formula is C16H20N4O2S. The lowest BCUT2D eigenvalue weighted by Gasteiger charge is -2.17. The van der Waals surface area contributed by atoms with E-state index in [2.05, 4.69) is 20.8 Å². The van der Waals surface area contributed by atoms with E-state index in [1.54, 1.807) is 19.1 Å². The molecule has 2 amide bonds. The van der Waals surface area contributed by atoms with Crippen LogP contribution in [-0.4, -0.2) is 22.0 Å². The molecule has 2 rings (SSSR count). The Labute approximate surface area is 139 Å². The molecule has 1 aromatic heterocycles. The second kappa shape index (κ2) is 7.82. The summed E-state index contributed by atoms with van der Waals surface area (Å²) in [6.07, 6.45) is 0.312. The Hall–Kier alpha value is -2.28. The third kappa shape index (κ3) is 4.59. The first kappa shape index (κ1) is 17.1. The van der Waals surface area contributed by atoms with Gasteiger partial charge in [0.2, 0.25) is 11.0 Å². The minimum Gasteiger partial charge on any atom is -0.341 e. The summed E-state index contributed by atoms with van der Waals surface area (Å²) < 4.78 is 0. The van der Waals surface area contributed by atoms with Gasteiger partial charge in [-0.25, -0.2) is 0 Å². The van der Waals surface area contributed by atoms with E-state index in [9.17, 15) is 9.59 Å². The fourth-order valence-corrected chi connectivity index (χ4v) is 2.65. The molecule has 23 heavy (non-hydrogen) atoms. The molecule has 0 unspecified atom stereocenters. The third-order valence-electron chi connectivity index (χ3n) is 3.19. The van der Waals surface area contributed by atoms with Crippen molar-refractivity contribution in [1.29, 1.82) is 0 Å². The average molecular weight is 332 g/mol. The molecule has 0 aliphatic rings. The highest BCUT2D eigenvalue weighted by Crippen LogP contribution is 2.23. The van der Waals surface area contributed by atoms with Crippen molar-refractivity contribution >= 4 is 28.3 Å². The summed E-state index contributed by atoms with van der Waals surface area (Å²) in [4.78, 5) is 24.3. The largest absolute Gasteiger partial charge is 0.341 e. The van der Waals surface area contributed by atoms with Gasteiger partial charge in [0.25, 0.3) is 5.91 Å². The van der Waals surface area contributed by atoms with Crippen LogP contribution in [0.5, 0.6) is 0 Å². The van der Waals surface area contributed by atoms with Crippen molar-refractivity contribution in [3.8, 4) is 0 Å². The van der Waals surface area contributed by atoms with Gasteiger partial charge in [0.05, 0.1) is 0 Å². The van der Waals surface area contributed by atoms with Crippen molar-refractivity contribution in [2.75, 3.05) is 5.32 Å². The molecule has 0 radical (unpaired) electrons. The van der Waals surface area contributed by atoms with Crippen molar-refractivity contribution in [2.24, 2.45) is 0 Å². The Kier molecular flexibility index (Phi) is 5.81. The number of hydrogen-bond acceptors (Lipinski definition) is 5. The van der Waals surface area contributed by atoms with Crippen LogP contribution < -0.4 is 10.6 Å². The summed E-state index contributed by atoms with van der Waals surface area (Å²) in [6.45, 7) is 5.77. The van der Waals surface area contributed by atoms with E-state index in [1.807, 2.05) is 32.0 Å². The zero-order chi connectivity index (χ0) is 16.8. The van der Waals surface area contributed by atoms with Crippen LogP contribution >= 0.6 is 11.3 Å². The van der Waals surface area contributed by atoms with E-state index in [1.165, 1.54) is 11.3 Å². The number of rotatable bonds is 6. The van der Waals surface area contributed by atoms with Gasteiger partial charge in [-0.1, -0.05) is 62.4 Å². The van der Waals surface area contributed by atoms with E-state index in [4.69, 9.17) is 0 Å². The molecule has 0 saturated heterocycles. The van der Waals surface area contributed by atoms with E-state index >= 15 is 0 Å². The Morgan fingerprint density at radius 3 is 2.43 bits per heavy atom. The highest BCUT2D eigenvalue weighted by molar-refractivity contribution is 7.15. The maximum absolute atomic E-state index is 12.6. The number of anilines is 1. The second-order valence-electron chi connectivity index (χ2n) is 5.35. The van der Waals surface area contributed by atoms with Crippen LogP contribution in [0.4, 0.5) is 5.13 Å². The van der Waals surface area contributed by atoms with Gasteiger partial charge >= 0.3 is 0 Å². The summed E-state index contributed by atoms with van der Waals surface area (Å²) in [5, 5.41) is 14.8. The van der Waals surface area contributed by atoms with Gasteiger partial charge in [0.15, 0.2) is 0 Å². The third-order valence-corrected chi connectivity index (χ3v) is 4.33. The van der Waals surface area contributed by atoms with Crippen molar-refractivity contribution in [1.82, 2.24) is 15.5 Å². The Balaban J connectivity index is 2.17. The van der Waals surface area contributed by atoms with Gasteiger partial charge in [0.1, 0.15) is 11.0 Å². The van der Waals surface area contributed by atoms with Crippen LogP contribution in [0, 0.1) is 0 Å². The fraction of sp³-hybridized carbons (Fsp3) is 0.375. The van der Waals surface area contributed by atoms with Crippen LogP contribution in [0.1, 0.15) is 49.7 Å². The first-order chi connectivity index (χ1) is 11.0. The van der Waals surface area contributed by atoms with E-state index < -0.39 is 6.04 Å². The Bertz CT molecular complexity index is 670. The van der Waals surface area contributed by atoms with Crippen LogP contribution in [-0.2, 0) is 9.59 Å². The Morgan fingerprint density at radius 2 is 1.87 bits per heavy atom. The quantitative estimate of drug-likeness (QED) is 0.852. The zero-order valence-corrected chi connectivity index (χ0v) is 14.2. The number of benzene rings is 1. The first-order valence-electron chi connectivity index (χ1n) is 7.49. The number of nitrogens with zero attached hydrogens (tertiary/aromatic N) is 2. The zero-order valence-electron chi connectivity index (χ0n) is 13.4. The topological polar surface area (TPSA) is 84.0 Å². The molecule has 1 aromatic carbocycles. The number of aromatic nitrogens is 2. The molecule has 2 aromatic rings. The molecule has 1 atom stereocenters. The smallest absolute Gasteiger partial charge is 0.253 e. The number of amides is 2. The van der Waals surface area contributed by atoms with Crippen molar-refractivity contribution in [3.05, 3.63) is 40.9 Å². The minimum absolute atomic E-state index is 0.186. The number of hydrogen-bond donors (Lipinski definition) is 2. The SMILES string of the molecule is CCC(=O)N[C@H](C(=O)Nc1nnc(C(C)C)s1)c1ccccc1. The maximum atomic E-state index is 12.6. The van der Waals surface area contributed by atoms with Gasteiger partial charge < -0.3 is 5.32 Å². The van der Waals surface area contributed by atoms with Crippen LogP contribution in [0.3, 0.4) is 0 Å². The lowest BCUT2D eigenvalue weighted by Crippen LogP contribution is -2.36. The molecule has 0 bridgehead atoms. The van der Waals surface area contributed by atoms with E-state index in [-0.39, 0.29) is 17.7 Å². The van der Waals surface area contributed by atoms with Crippen LogP contribution in [0.2, 0.25) is 0 Å². The standard InChI is InChI=1S/C16H20N4O2S/c1-4-12(21)17-13(11-8-6-5-7-9-11)14(22)18-16-20-19-15(23-16)10(2)3/h5-10,13H,4H2,1-3H3,(H,17,21)(H,18,20,22)/t13-/m0/s1. The van der Waals surface area contributed by atoms with Crippen LogP contribution in [0.15, 0.2) is 30.3 Å². The van der Waals surface area contributed by atoms with Gasteiger partial charge in [-0.15, -0.1) is 10.2 Å². The molecule has 0 aliphatic heterocycles. The number of nitrogens with one attached hydrogen (secondary N) is 2. The summed E-state index contributed by atoms with van der Waals surface area (Å²) in [6, 6.07) is 8.37. The van der Waals surface area contributed by atoms with Gasteiger partial charge in [0, 0.05) is 12.3 Å². The number of carbonyl (C=O) groups excluding carboxylic acids is 2. The maximum Gasteiger partial charge on any atom is 0.253 e. The van der Waals surface area contributed by atoms with E-state index in [0.717, 1.165) is 10.6 Å². The normalized spacial score (nSPS) is 12.0. The Morgan fingerprint density at radius 1 is 1.17 bits per heavy atom. The predicted octanol–water partition coefficient (Wildman–Crippen LogP) is 2.87. The molecule has 2 N–H and O–H groups in total. The average Bonchev–Trinajstić information content (AvgIpc) is 3.01. The number of carbonyl (C=O) groups is 2. The molecular weight excluding hydrogens is 312 g/mol. The van der Waals surface area contributed by atoms with Crippen molar-refractivity contribution < 1.29 is 9.59 Å². The van der Waals surface area contributed by atoms with Gasteiger partial charge in [-0.3, -0.25) is 14.9 Å². The molecule has 0 spiro atoms. The molecule has 0 aliphatic carbocycles. The lowest BCUT2D eigenvalue weighted by molar-refractivity contribution is -0.126. The minimum atomic E-state index is -0.755. The highest BCUT2D eigenvalue weighted by atomic mass is 32.1. The predicted molar refractivity (Wildman–Crippen MR) is 90.2 cm³/mol. The van der Waals surface area contributed by atoms with Crippen molar-refractivity contribution in [3.63, 3.8) is 0 Å². The summed E-state index contributed by atoms with van der Waals surface area (Å²) in [5.41, 5.74) is 0.723. The van der Waals surface area contributed by atoms with Gasteiger partial charge in [-0.2, -0.15) is 0 Å². The summed E-state index contributed by atoms with van der Waals surface area (Å²) >= 11 is 1.34. The molecule has 0 fully saturated rings. The molecule has 0 saturated carbocycles. The summed E-state index contributed by atoms with van der Waals surface area (Å²) in [5.74, 6) is -0.263. The fourth-order valence-electron chi connectivity index (χ4n) is 1.90. The highest BCUT2D eigenvalue weighted by Gasteiger charge is 2.23. The molecule has 6 nitrogen and oxygen atoms in total. The second-order valence-corrected chi connectivity index (χ2v) is 6.36. The lowest BCUT2D eigenvalue weighted by atomic mass is 10.1. The van der Waals surface area contributed by atoms with E-state index in [0.29, 0.717) is 11.6 Å². The van der Waals surface area contributed by atoms with Crippen molar-refractivity contribution in [2.45, 2.75) is 39.2 Å². The van der Waals surface area contributed by atoms with Crippen LogP contribution in [0.25, 0.3) is 0 Å². The summed E-state index contributed by atoms with van der Waals surface area (Å²) in [7, 11) is 0. The monoisotopic (exact) mass is 332 g/mol. The molecule has 7 heteroatoms. The molecule has 1 heterocycles. The molecule has 122 valence electrons. The van der Waals surface area contributed by atoms with Gasteiger partial charge in [-0.05, 0) is 5.56 Å². The first-order valence-corrected chi connectivity index (χ1v) is 8.31.